The van der Waals surface area contributed by atoms with Gasteiger partial charge in [-0.3, -0.25) is 4.99 Å². The smallest absolute Gasteiger partial charge is 0.193 e. The van der Waals surface area contributed by atoms with Gasteiger partial charge in [0.05, 0.1) is 12.7 Å². The second-order valence-electron chi connectivity index (χ2n) is 8.10. The molecule has 5 unspecified atom stereocenters. The molecule has 6 heteroatoms. The average molecular weight is 463 g/mol. The summed E-state index contributed by atoms with van der Waals surface area (Å²) in [6.45, 7) is 4.55. The number of hydrogen-bond acceptors (Lipinski definition) is 3. The number of nitrogens with zero attached hydrogens (tertiary/aromatic N) is 2. The number of halogens is 1. The molecule has 2 aliphatic carbocycles. The topological polar surface area (TPSA) is 46.1 Å². The summed E-state index contributed by atoms with van der Waals surface area (Å²) in [5.74, 6) is 4.07. The van der Waals surface area contributed by atoms with E-state index in [2.05, 4.69) is 15.2 Å². The van der Waals surface area contributed by atoms with Crippen LogP contribution in [0.25, 0.3) is 0 Å². The van der Waals surface area contributed by atoms with E-state index in [1.165, 1.54) is 38.5 Å². The number of nitrogens with one attached hydrogen (secondary N) is 1. The Morgan fingerprint density at radius 3 is 2.68 bits per heavy atom. The van der Waals surface area contributed by atoms with Crippen LogP contribution < -0.4 is 5.32 Å². The number of ether oxygens (including phenoxy) is 2. The molecule has 4 rings (SSSR count). The van der Waals surface area contributed by atoms with E-state index in [4.69, 9.17) is 9.47 Å². The molecule has 0 aromatic rings. The fraction of sp³-hybridized carbons (Fsp3) is 0.947. The van der Waals surface area contributed by atoms with Gasteiger partial charge in [-0.25, -0.2) is 0 Å². The van der Waals surface area contributed by atoms with Crippen molar-refractivity contribution in [3.8, 4) is 0 Å². The molecule has 2 heterocycles. The lowest BCUT2D eigenvalue weighted by atomic mass is 9.86. The Morgan fingerprint density at radius 2 is 2.00 bits per heavy atom. The Labute approximate surface area is 169 Å². The monoisotopic (exact) mass is 463 g/mol. The predicted octanol–water partition coefficient (Wildman–Crippen LogP) is 2.89. The summed E-state index contributed by atoms with van der Waals surface area (Å²) in [5, 5.41) is 3.62. The molecule has 0 spiro atoms. The van der Waals surface area contributed by atoms with Crippen LogP contribution in [0.2, 0.25) is 0 Å². The van der Waals surface area contributed by atoms with Crippen LogP contribution in [-0.2, 0) is 9.47 Å². The Kier molecular flexibility index (Phi) is 7.26. The lowest BCUT2D eigenvalue weighted by molar-refractivity contribution is -0.0817. The Bertz CT molecular complexity index is 456. The maximum absolute atomic E-state index is 5.96. The van der Waals surface area contributed by atoms with E-state index in [0.29, 0.717) is 0 Å². The van der Waals surface area contributed by atoms with Crippen LogP contribution in [0, 0.1) is 17.8 Å². The molecule has 4 fully saturated rings. The summed E-state index contributed by atoms with van der Waals surface area (Å²) < 4.78 is 11.8. The van der Waals surface area contributed by atoms with Crippen molar-refractivity contribution in [2.24, 2.45) is 22.7 Å². The van der Waals surface area contributed by atoms with E-state index < -0.39 is 0 Å². The van der Waals surface area contributed by atoms with Gasteiger partial charge >= 0.3 is 0 Å². The molecule has 0 aromatic heterocycles. The highest BCUT2D eigenvalue weighted by Crippen LogP contribution is 2.49. The lowest BCUT2D eigenvalue weighted by Gasteiger charge is -2.37. The summed E-state index contributed by atoms with van der Waals surface area (Å²) in [4.78, 5) is 6.88. The maximum atomic E-state index is 5.96. The van der Waals surface area contributed by atoms with E-state index in [0.717, 1.165) is 63.0 Å². The Balaban J connectivity index is 0.00000182. The van der Waals surface area contributed by atoms with Gasteiger partial charge in [0, 0.05) is 33.3 Å². The molecular formula is C19H34IN3O2. The van der Waals surface area contributed by atoms with Crippen LogP contribution in [0.15, 0.2) is 4.99 Å². The van der Waals surface area contributed by atoms with Crippen molar-refractivity contribution in [2.75, 3.05) is 39.9 Å². The van der Waals surface area contributed by atoms with Crippen LogP contribution >= 0.6 is 24.0 Å². The van der Waals surface area contributed by atoms with Gasteiger partial charge < -0.3 is 19.7 Å². The molecule has 1 N–H and O–H groups in total. The summed E-state index contributed by atoms with van der Waals surface area (Å²) in [6, 6.07) is 0. The first-order valence-corrected chi connectivity index (χ1v) is 10.0. The van der Waals surface area contributed by atoms with Gasteiger partial charge in [-0.1, -0.05) is 6.42 Å². The molecule has 25 heavy (non-hydrogen) atoms. The quantitative estimate of drug-likeness (QED) is 0.396. The Morgan fingerprint density at radius 1 is 1.12 bits per heavy atom. The van der Waals surface area contributed by atoms with Crippen molar-refractivity contribution in [1.82, 2.24) is 10.2 Å². The zero-order valence-electron chi connectivity index (χ0n) is 15.5. The third-order valence-corrected chi connectivity index (χ3v) is 6.67. The minimum absolute atomic E-state index is 0. The summed E-state index contributed by atoms with van der Waals surface area (Å²) in [7, 11) is 1.90. The summed E-state index contributed by atoms with van der Waals surface area (Å²) >= 11 is 0. The molecule has 2 bridgehead atoms. The van der Waals surface area contributed by atoms with Gasteiger partial charge in [-0.05, 0) is 56.3 Å². The first-order valence-electron chi connectivity index (χ1n) is 10.0. The minimum Gasteiger partial charge on any atom is -0.375 e. The third-order valence-electron chi connectivity index (χ3n) is 6.67. The van der Waals surface area contributed by atoms with Gasteiger partial charge in [0.15, 0.2) is 5.96 Å². The zero-order chi connectivity index (χ0) is 16.4. The van der Waals surface area contributed by atoms with E-state index in [9.17, 15) is 0 Å². The largest absolute Gasteiger partial charge is 0.375 e. The molecule has 2 saturated heterocycles. The van der Waals surface area contributed by atoms with Gasteiger partial charge in [0.25, 0.3) is 0 Å². The van der Waals surface area contributed by atoms with Gasteiger partial charge in [0.1, 0.15) is 6.10 Å². The predicted molar refractivity (Wildman–Crippen MR) is 111 cm³/mol. The lowest BCUT2D eigenvalue weighted by Crippen LogP contribution is -2.53. The van der Waals surface area contributed by atoms with Crippen LogP contribution in [0.5, 0.6) is 0 Å². The van der Waals surface area contributed by atoms with Crippen LogP contribution in [0.1, 0.15) is 44.9 Å². The molecule has 5 nitrogen and oxygen atoms in total. The van der Waals surface area contributed by atoms with Crippen molar-refractivity contribution < 1.29 is 9.47 Å². The number of morpholine rings is 1. The van der Waals surface area contributed by atoms with Crippen molar-refractivity contribution in [3.63, 3.8) is 0 Å². The van der Waals surface area contributed by atoms with Crippen molar-refractivity contribution in [1.29, 1.82) is 0 Å². The fourth-order valence-corrected chi connectivity index (χ4v) is 5.42. The second kappa shape index (κ2) is 9.22. The van der Waals surface area contributed by atoms with E-state index in [-0.39, 0.29) is 36.2 Å². The first-order chi connectivity index (χ1) is 11.8. The van der Waals surface area contributed by atoms with Gasteiger partial charge in [-0.2, -0.15) is 0 Å². The van der Waals surface area contributed by atoms with E-state index in [1.807, 2.05) is 7.05 Å². The zero-order valence-corrected chi connectivity index (χ0v) is 17.8. The molecule has 5 atom stereocenters. The van der Waals surface area contributed by atoms with Crippen molar-refractivity contribution in [3.05, 3.63) is 0 Å². The molecule has 144 valence electrons. The number of aliphatic imine (C=N–C) groups is 1. The highest BCUT2D eigenvalue weighted by molar-refractivity contribution is 14.0. The number of rotatable bonds is 4. The summed E-state index contributed by atoms with van der Waals surface area (Å²) in [6.07, 6.45) is 10.0. The second-order valence-corrected chi connectivity index (χ2v) is 8.10. The highest BCUT2D eigenvalue weighted by atomic mass is 127. The normalized spacial score (nSPS) is 38.0. The van der Waals surface area contributed by atoms with Gasteiger partial charge in [-0.15, -0.1) is 24.0 Å². The molecule has 2 saturated carbocycles. The summed E-state index contributed by atoms with van der Waals surface area (Å²) in [5.41, 5.74) is 0. The first kappa shape index (κ1) is 19.7. The van der Waals surface area contributed by atoms with Crippen LogP contribution in [0.3, 0.4) is 0 Å². The Hall–Kier alpha value is -0.0800. The number of hydrogen-bond donors (Lipinski definition) is 1. The SMILES string of the molecule is CN=C(NCCC1CC2CCC1C2)N1CCOC(C2CCCO2)C1.I. The number of fused-ring (bicyclic) bond motifs is 2. The molecular weight excluding hydrogens is 429 g/mol. The molecule has 4 aliphatic rings. The standard InChI is InChI=1S/C19H33N3O2.HI/c1-20-19(21-7-6-16-12-14-4-5-15(16)11-14)22-8-10-24-18(13-22)17-3-2-9-23-17;/h14-18H,2-13H2,1H3,(H,20,21);1H. The van der Waals surface area contributed by atoms with Gasteiger partial charge in [0.2, 0.25) is 0 Å². The van der Waals surface area contributed by atoms with Crippen LogP contribution in [-0.4, -0.2) is 63.0 Å². The van der Waals surface area contributed by atoms with Crippen molar-refractivity contribution >= 4 is 29.9 Å². The third kappa shape index (κ3) is 4.61. The van der Waals surface area contributed by atoms with Crippen molar-refractivity contribution in [2.45, 2.75) is 57.2 Å². The maximum Gasteiger partial charge on any atom is 0.193 e. The molecule has 0 aromatic carbocycles. The molecule has 0 radical (unpaired) electrons. The minimum atomic E-state index is 0. The van der Waals surface area contributed by atoms with E-state index in [1.54, 1.807) is 0 Å². The molecule has 2 aliphatic heterocycles. The van der Waals surface area contributed by atoms with Crippen LogP contribution in [0.4, 0.5) is 0 Å². The van der Waals surface area contributed by atoms with E-state index >= 15 is 0 Å². The fourth-order valence-electron chi connectivity index (χ4n) is 5.42. The number of guanidine groups is 1. The molecule has 0 amide bonds. The average Bonchev–Trinajstić information content (AvgIpc) is 3.36. The highest BCUT2D eigenvalue weighted by Gasteiger charge is 2.39.